The summed E-state index contributed by atoms with van der Waals surface area (Å²) in [5, 5.41) is 3.49. The summed E-state index contributed by atoms with van der Waals surface area (Å²) in [6, 6.07) is 5.21. The van der Waals surface area contributed by atoms with Crippen molar-refractivity contribution in [2.75, 3.05) is 13.1 Å². The zero-order valence-electron chi connectivity index (χ0n) is 9.37. The van der Waals surface area contributed by atoms with Crippen LogP contribution in [-0.4, -0.2) is 19.0 Å². The molecule has 3 nitrogen and oxygen atoms in total. The van der Waals surface area contributed by atoms with Crippen molar-refractivity contribution in [1.82, 2.24) is 5.32 Å². The van der Waals surface area contributed by atoms with Gasteiger partial charge in [0, 0.05) is 15.7 Å². The van der Waals surface area contributed by atoms with Crippen molar-refractivity contribution in [2.45, 2.75) is 6.92 Å². The van der Waals surface area contributed by atoms with Crippen molar-refractivity contribution in [3.8, 4) is 0 Å². The largest absolute Gasteiger partial charge is 0.352 e. The number of halogens is 3. The Morgan fingerprint density at radius 2 is 2.24 bits per heavy atom. The van der Waals surface area contributed by atoms with E-state index in [1.54, 1.807) is 18.2 Å². The first-order valence-electron chi connectivity index (χ1n) is 4.98. The Kier molecular flexibility index (Phi) is 8.11. The molecule has 17 heavy (non-hydrogen) atoms. The Labute approximate surface area is 126 Å². The molecule has 0 aliphatic heterocycles. The third-order valence-electron chi connectivity index (χ3n) is 2.20. The standard InChI is InChI=1S/C11H14ClIN2O.ClH/c1-7(5-14)6-15-11(16)8-2-3-9(12)10(13)4-8;/h2-4,7H,5-6,14H2,1H3,(H,15,16);1H. The fourth-order valence-corrected chi connectivity index (χ4v) is 1.72. The van der Waals surface area contributed by atoms with Gasteiger partial charge < -0.3 is 11.1 Å². The maximum absolute atomic E-state index is 11.7. The predicted octanol–water partition coefficient (Wildman–Crippen LogP) is 2.69. The summed E-state index contributed by atoms with van der Waals surface area (Å²) < 4.78 is 0.874. The van der Waals surface area contributed by atoms with Gasteiger partial charge in [-0.1, -0.05) is 18.5 Å². The van der Waals surface area contributed by atoms with Crippen molar-refractivity contribution in [2.24, 2.45) is 11.7 Å². The van der Waals surface area contributed by atoms with Gasteiger partial charge in [-0.2, -0.15) is 0 Å². The van der Waals surface area contributed by atoms with Gasteiger partial charge in [0.1, 0.15) is 0 Å². The lowest BCUT2D eigenvalue weighted by Crippen LogP contribution is -2.31. The van der Waals surface area contributed by atoms with E-state index in [0.29, 0.717) is 23.7 Å². The zero-order chi connectivity index (χ0) is 12.1. The number of nitrogens with two attached hydrogens (primary N) is 1. The van der Waals surface area contributed by atoms with Crippen molar-refractivity contribution < 1.29 is 4.79 Å². The van der Waals surface area contributed by atoms with E-state index in [1.165, 1.54) is 0 Å². The summed E-state index contributed by atoms with van der Waals surface area (Å²) in [5.74, 6) is 0.199. The first-order chi connectivity index (χ1) is 7.54. The molecule has 1 rings (SSSR count). The molecule has 6 heteroatoms. The van der Waals surface area contributed by atoms with E-state index in [-0.39, 0.29) is 24.2 Å². The molecule has 1 aromatic carbocycles. The topological polar surface area (TPSA) is 55.1 Å². The first kappa shape index (κ1) is 17.0. The summed E-state index contributed by atoms with van der Waals surface area (Å²) in [5.41, 5.74) is 6.09. The van der Waals surface area contributed by atoms with Gasteiger partial charge in [-0.25, -0.2) is 0 Å². The van der Waals surface area contributed by atoms with Gasteiger partial charge in [0.25, 0.3) is 5.91 Å². The maximum Gasteiger partial charge on any atom is 0.251 e. The maximum atomic E-state index is 11.7. The number of carbonyl (C=O) groups is 1. The Balaban J connectivity index is 0.00000256. The smallest absolute Gasteiger partial charge is 0.251 e. The predicted molar refractivity (Wildman–Crippen MR) is 82.0 cm³/mol. The molecule has 0 aliphatic carbocycles. The molecule has 1 atom stereocenters. The van der Waals surface area contributed by atoms with Crippen LogP contribution in [0.1, 0.15) is 17.3 Å². The van der Waals surface area contributed by atoms with Crippen LogP contribution in [0.4, 0.5) is 0 Å². The minimum Gasteiger partial charge on any atom is -0.352 e. The highest BCUT2D eigenvalue weighted by Gasteiger charge is 2.08. The molecule has 0 aromatic heterocycles. The molecule has 0 spiro atoms. The van der Waals surface area contributed by atoms with Gasteiger partial charge in [-0.15, -0.1) is 12.4 Å². The van der Waals surface area contributed by atoms with E-state index in [9.17, 15) is 4.79 Å². The van der Waals surface area contributed by atoms with Gasteiger partial charge in [0.2, 0.25) is 0 Å². The summed E-state index contributed by atoms with van der Waals surface area (Å²) in [4.78, 5) is 11.7. The number of carbonyl (C=O) groups excluding carboxylic acids is 1. The number of rotatable bonds is 4. The van der Waals surface area contributed by atoms with Crippen molar-refractivity contribution >= 4 is 52.5 Å². The number of benzene rings is 1. The lowest BCUT2D eigenvalue weighted by molar-refractivity contribution is 0.0948. The van der Waals surface area contributed by atoms with Crippen LogP contribution in [0.15, 0.2) is 18.2 Å². The number of hydrogen-bond donors (Lipinski definition) is 2. The SMILES string of the molecule is CC(CN)CNC(=O)c1ccc(Cl)c(I)c1.Cl. The van der Waals surface area contributed by atoms with Crippen LogP contribution < -0.4 is 11.1 Å². The lowest BCUT2D eigenvalue weighted by Gasteiger charge is -2.10. The van der Waals surface area contributed by atoms with E-state index >= 15 is 0 Å². The molecule has 1 unspecified atom stereocenters. The molecule has 0 saturated carbocycles. The van der Waals surface area contributed by atoms with Gasteiger partial charge in [0.05, 0.1) is 5.02 Å². The van der Waals surface area contributed by atoms with Crippen LogP contribution in [-0.2, 0) is 0 Å². The van der Waals surface area contributed by atoms with Crippen molar-refractivity contribution in [1.29, 1.82) is 0 Å². The van der Waals surface area contributed by atoms with Crippen LogP contribution >= 0.6 is 46.6 Å². The van der Waals surface area contributed by atoms with E-state index in [2.05, 4.69) is 27.9 Å². The summed E-state index contributed by atoms with van der Waals surface area (Å²) in [7, 11) is 0. The third-order valence-corrected chi connectivity index (χ3v) is 3.74. The van der Waals surface area contributed by atoms with Crippen molar-refractivity contribution in [3.05, 3.63) is 32.4 Å². The van der Waals surface area contributed by atoms with E-state index in [1.807, 2.05) is 6.92 Å². The average Bonchev–Trinajstić information content (AvgIpc) is 2.29. The van der Waals surface area contributed by atoms with Crippen LogP contribution in [0.5, 0.6) is 0 Å². The summed E-state index contributed by atoms with van der Waals surface area (Å²) in [6.07, 6.45) is 0. The molecule has 1 amide bonds. The quantitative estimate of drug-likeness (QED) is 0.779. The minimum absolute atomic E-state index is 0. The zero-order valence-corrected chi connectivity index (χ0v) is 13.1. The highest BCUT2D eigenvalue weighted by molar-refractivity contribution is 14.1. The Bertz CT molecular complexity index is 388. The van der Waals surface area contributed by atoms with E-state index in [4.69, 9.17) is 17.3 Å². The molecule has 0 aliphatic rings. The normalized spacial score (nSPS) is 11.5. The Hall–Kier alpha value is -0.0400. The fourth-order valence-electron chi connectivity index (χ4n) is 1.09. The second-order valence-electron chi connectivity index (χ2n) is 3.68. The highest BCUT2D eigenvalue weighted by Crippen LogP contribution is 2.19. The number of hydrogen-bond acceptors (Lipinski definition) is 2. The average molecular weight is 389 g/mol. The second kappa shape index (κ2) is 8.13. The monoisotopic (exact) mass is 388 g/mol. The Morgan fingerprint density at radius 1 is 1.59 bits per heavy atom. The van der Waals surface area contributed by atoms with Gasteiger partial charge in [0.15, 0.2) is 0 Å². The lowest BCUT2D eigenvalue weighted by atomic mass is 10.1. The Morgan fingerprint density at radius 3 is 2.76 bits per heavy atom. The minimum atomic E-state index is -0.0881. The molecule has 0 heterocycles. The van der Waals surface area contributed by atoms with Crippen LogP contribution in [0.3, 0.4) is 0 Å². The molecular weight excluding hydrogens is 374 g/mol. The molecule has 0 radical (unpaired) electrons. The highest BCUT2D eigenvalue weighted by atomic mass is 127. The summed E-state index contributed by atoms with van der Waals surface area (Å²) in [6.45, 7) is 3.15. The number of amides is 1. The summed E-state index contributed by atoms with van der Waals surface area (Å²) >= 11 is 7.98. The van der Waals surface area contributed by atoms with Gasteiger partial charge in [-0.05, 0) is 53.3 Å². The molecule has 96 valence electrons. The molecular formula is C11H15Cl2IN2O. The number of nitrogens with one attached hydrogen (secondary N) is 1. The van der Waals surface area contributed by atoms with Crippen LogP contribution in [0.2, 0.25) is 5.02 Å². The fraction of sp³-hybridized carbons (Fsp3) is 0.364. The molecule has 3 N–H and O–H groups in total. The van der Waals surface area contributed by atoms with Crippen LogP contribution in [0.25, 0.3) is 0 Å². The van der Waals surface area contributed by atoms with Crippen molar-refractivity contribution in [3.63, 3.8) is 0 Å². The van der Waals surface area contributed by atoms with E-state index < -0.39 is 0 Å². The van der Waals surface area contributed by atoms with E-state index in [0.717, 1.165) is 3.57 Å². The molecule has 0 fully saturated rings. The molecule has 0 bridgehead atoms. The van der Waals surface area contributed by atoms with Crippen LogP contribution in [0, 0.1) is 9.49 Å². The second-order valence-corrected chi connectivity index (χ2v) is 5.25. The third kappa shape index (κ3) is 5.42. The van der Waals surface area contributed by atoms with Gasteiger partial charge >= 0.3 is 0 Å². The molecule has 1 aromatic rings. The van der Waals surface area contributed by atoms with Gasteiger partial charge in [-0.3, -0.25) is 4.79 Å². The first-order valence-corrected chi connectivity index (χ1v) is 6.43. The molecule has 0 saturated heterocycles.